The molecular weight excluding hydrogens is 360 g/mol. The van der Waals surface area contributed by atoms with E-state index in [0.717, 1.165) is 24.8 Å². The van der Waals surface area contributed by atoms with E-state index in [1.54, 1.807) is 0 Å². The largest absolute Gasteiger partial charge is 0.427 e. The van der Waals surface area contributed by atoms with Crippen molar-refractivity contribution in [3.63, 3.8) is 0 Å². The van der Waals surface area contributed by atoms with Gasteiger partial charge in [0, 0.05) is 24.4 Å². The Morgan fingerprint density at radius 1 is 0.966 bits per heavy atom. The molecule has 1 aromatic heterocycles. The normalized spacial score (nSPS) is 12.0. The third-order valence-corrected chi connectivity index (χ3v) is 5.41. The van der Waals surface area contributed by atoms with Crippen LogP contribution in [0.4, 0.5) is 0 Å². The maximum absolute atomic E-state index is 11.9. The van der Waals surface area contributed by atoms with Gasteiger partial charge in [-0.3, -0.25) is 4.79 Å². The van der Waals surface area contributed by atoms with E-state index >= 15 is 0 Å². The van der Waals surface area contributed by atoms with Crippen LogP contribution in [0.3, 0.4) is 0 Å². The van der Waals surface area contributed by atoms with Crippen LogP contribution in [0, 0.1) is 5.92 Å². The number of carbonyl (C=O) groups excluding carboxylic acids is 1. The van der Waals surface area contributed by atoms with Crippen molar-refractivity contribution in [1.82, 2.24) is 9.97 Å². The first-order valence-electron chi connectivity index (χ1n) is 11.2. The molecule has 0 fully saturated rings. The molecule has 0 bridgehead atoms. The van der Waals surface area contributed by atoms with Crippen LogP contribution in [0.2, 0.25) is 0 Å². The second kappa shape index (κ2) is 13.1. The summed E-state index contributed by atoms with van der Waals surface area (Å²) in [4.78, 5) is 21.0. The predicted molar refractivity (Wildman–Crippen MR) is 119 cm³/mol. The van der Waals surface area contributed by atoms with Gasteiger partial charge in [0.05, 0.1) is 0 Å². The molecule has 0 unspecified atom stereocenters. The third kappa shape index (κ3) is 8.76. The van der Waals surface area contributed by atoms with E-state index in [1.807, 2.05) is 36.7 Å². The van der Waals surface area contributed by atoms with Crippen molar-refractivity contribution in [2.24, 2.45) is 5.92 Å². The van der Waals surface area contributed by atoms with Crippen LogP contribution in [0.15, 0.2) is 36.7 Å². The second-order valence-corrected chi connectivity index (χ2v) is 7.98. The molecule has 0 saturated carbocycles. The Kier molecular flexibility index (Phi) is 10.4. The predicted octanol–water partition coefficient (Wildman–Crippen LogP) is 6.78. The topological polar surface area (TPSA) is 52.1 Å². The van der Waals surface area contributed by atoms with Crippen LogP contribution in [0.1, 0.15) is 84.1 Å². The highest BCUT2D eigenvalue weighted by Gasteiger charge is 2.09. The average Bonchev–Trinajstić information content (AvgIpc) is 2.75. The number of esters is 1. The van der Waals surface area contributed by atoms with Crippen LogP contribution in [0.25, 0.3) is 11.4 Å². The molecule has 29 heavy (non-hydrogen) atoms. The zero-order valence-corrected chi connectivity index (χ0v) is 18.3. The number of ether oxygens (including phenoxy) is 1. The number of aromatic nitrogens is 2. The van der Waals surface area contributed by atoms with Crippen molar-refractivity contribution in [3.05, 3.63) is 42.2 Å². The molecule has 4 heteroatoms. The first kappa shape index (κ1) is 23.1. The zero-order valence-electron chi connectivity index (χ0n) is 18.3. The summed E-state index contributed by atoms with van der Waals surface area (Å²) in [5, 5.41) is 0. The summed E-state index contributed by atoms with van der Waals surface area (Å²) in [6.45, 7) is 6.53. The van der Waals surface area contributed by atoms with Crippen molar-refractivity contribution in [1.29, 1.82) is 0 Å². The summed E-state index contributed by atoms with van der Waals surface area (Å²) in [5.74, 6) is 1.65. The summed E-state index contributed by atoms with van der Waals surface area (Å²) in [5.41, 5.74) is 2.12. The summed E-state index contributed by atoms with van der Waals surface area (Å²) in [7, 11) is 0. The monoisotopic (exact) mass is 396 g/mol. The minimum absolute atomic E-state index is 0.173. The molecular formula is C25H36N2O2. The second-order valence-electron chi connectivity index (χ2n) is 7.98. The van der Waals surface area contributed by atoms with Crippen LogP contribution in [-0.4, -0.2) is 15.9 Å². The summed E-state index contributed by atoms with van der Waals surface area (Å²) < 4.78 is 5.42. The number of rotatable bonds is 13. The molecule has 0 amide bonds. The lowest BCUT2D eigenvalue weighted by Gasteiger charge is -2.08. The number of benzene rings is 1. The fourth-order valence-electron chi connectivity index (χ4n) is 3.17. The molecule has 2 aromatic rings. The molecule has 1 heterocycles. The highest BCUT2D eigenvalue weighted by atomic mass is 16.5. The third-order valence-electron chi connectivity index (χ3n) is 5.41. The van der Waals surface area contributed by atoms with Crippen LogP contribution in [-0.2, 0) is 11.2 Å². The van der Waals surface area contributed by atoms with Gasteiger partial charge < -0.3 is 4.74 Å². The molecule has 0 aliphatic heterocycles. The standard InChI is InChI=1S/C25H36N2O2/c1-4-6-7-8-9-10-11-21-18-26-25(27-19-21)22-13-15-23(16-14-22)29-24(28)17-12-20(3)5-2/h13-16,18-20H,4-12,17H2,1-3H3/t20-/m0/s1. The Morgan fingerprint density at radius 2 is 1.62 bits per heavy atom. The fraction of sp³-hybridized carbons (Fsp3) is 0.560. The van der Waals surface area contributed by atoms with E-state index in [2.05, 4.69) is 30.7 Å². The van der Waals surface area contributed by atoms with Crippen molar-refractivity contribution in [3.8, 4) is 17.1 Å². The molecule has 0 N–H and O–H groups in total. The number of carbonyl (C=O) groups is 1. The molecule has 0 radical (unpaired) electrons. The first-order valence-corrected chi connectivity index (χ1v) is 11.2. The molecule has 4 nitrogen and oxygen atoms in total. The lowest BCUT2D eigenvalue weighted by molar-refractivity contribution is -0.134. The number of nitrogens with zero attached hydrogens (tertiary/aromatic N) is 2. The summed E-state index contributed by atoms with van der Waals surface area (Å²) in [6, 6.07) is 7.42. The van der Waals surface area contributed by atoms with Crippen LogP contribution in [0.5, 0.6) is 5.75 Å². The van der Waals surface area contributed by atoms with Gasteiger partial charge in [-0.2, -0.15) is 0 Å². The first-order chi connectivity index (χ1) is 14.1. The highest BCUT2D eigenvalue weighted by Crippen LogP contribution is 2.20. The highest BCUT2D eigenvalue weighted by molar-refractivity contribution is 5.72. The van der Waals surface area contributed by atoms with E-state index in [4.69, 9.17) is 4.74 Å². The fourth-order valence-corrected chi connectivity index (χ4v) is 3.17. The smallest absolute Gasteiger partial charge is 0.311 e. The van der Waals surface area contributed by atoms with Gasteiger partial charge in [-0.25, -0.2) is 9.97 Å². The number of aryl methyl sites for hydroxylation is 1. The molecule has 0 saturated heterocycles. The van der Waals surface area contributed by atoms with Crippen LogP contribution < -0.4 is 4.74 Å². The number of hydrogen-bond donors (Lipinski definition) is 0. The van der Waals surface area contributed by atoms with E-state index in [1.165, 1.54) is 44.1 Å². The van der Waals surface area contributed by atoms with Gasteiger partial charge in [0.25, 0.3) is 0 Å². The van der Waals surface area contributed by atoms with Gasteiger partial charge in [0.2, 0.25) is 0 Å². The van der Waals surface area contributed by atoms with Crippen molar-refractivity contribution in [2.45, 2.75) is 85.0 Å². The lowest BCUT2D eigenvalue weighted by Crippen LogP contribution is -2.09. The Balaban J connectivity index is 1.79. The average molecular weight is 397 g/mol. The van der Waals surface area contributed by atoms with Crippen LogP contribution >= 0.6 is 0 Å². The summed E-state index contributed by atoms with van der Waals surface area (Å²) >= 11 is 0. The lowest BCUT2D eigenvalue weighted by atomic mass is 10.0. The molecule has 158 valence electrons. The Hall–Kier alpha value is -2.23. The molecule has 0 aliphatic rings. The molecule has 1 atom stereocenters. The SMILES string of the molecule is CCCCCCCCc1cnc(-c2ccc(OC(=O)CC[C@@H](C)CC)cc2)nc1. The van der Waals surface area contributed by atoms with Gasteiger partial charge in [-0.1, -0.05) is 59.3 Å². The van der Waals surface area contributed by atoms with Gasteiger partial charge in [-0.05, 0) is 55.0 Å². The maximum atomic E-state index is 11.9. The van der Waals surface area contributed by atoms with Gasteiger partial charge in [-0.15, -0.1) is 0 Å². The van der Waals surface area contributed by atoms with Crippen molar-refractivity contribution >= 4 is 5.97 Å². The maximum Gasteiger partial charge on any atom is 0.311 e. The Morgan fingerprint density at radius 3 is 2.28 bits per heavy atom. The molecule has 0 spiro atoms. The number of unbranched alkanes of at least 4 members (excludes halogenated alkanes) is 5. The Labute approximate surface area is 176 Å². The molecule has 1 aromatic carbocycles. The summed E-state index contributed by atoms with van der Waals surface area (Å²) in [6.07, 6.45) is 15.1. The molecule has 2 rings (SSSR count). The van der Waals surface area contributed by atoms with E-state index in [-0.39, 0.29) is 5.97 Å². The van der Waals surface area contributed by atoms with Crippen molar-refractivity contribution in [2.75, 3.05) is 0 Å². The van der Waals surface area contributed by atoms with E-state index in [9.17, 15) is 4.79 Å². The minimum atomic E-state index is -0.173. The van der Waals surface area contributed by atoms with E-state index in [0.29, 0.717) is 23.9 Å². The van der Waals surface area contributed by atoms with E-state index < -0.39 is 0 Å². The number of hydrogen-bond acceptors (Lipinski definition) is 4. The molecule has 0 aliphatic carbocycles. The zero-order chi connectivity index (χ0) is 20.9. The quantitative estimate of drug-likeness (QED) is 0.213. The van der Waals surface area contributed by atoms with Gasteiger partial charge >= 0.3 is 5.97 Å². The van der Waals surface area contributed by atoms with Gasteiger partial charge in [0.15, 0.2) is 5.82 Å². The van der Waals surface area contributed by atoms with Gasteiger partial charge in [0.1, 0.15) is 5.75 Å². The van der Waals surface area contributed by atoms with Crippen molar-refractivity contribution < 1.29 is 9.53 Å². The minimum Gasteiger partial charge on any atom is -0.427 e. The Bertz CT molecular complexity index is 711.